The zero-order valence-corrected chi connectivity index (χ0v) is 18.5. The summed E-state index contributed by atoms with van der Waals surface area (Å²) >= 11 is 0. The highest BCUT2D eigenvalue weighted by Crippen LogP contribution is 2.15. The molecule has 0 spiro atoms. The Morgan fingerprint density at radius 3 is 2.13 bits per heavy atom. The molecule has 31 heavy (non-hydrogen) atoms. The zero-order chi connectivity index (χ0) is 22.1. The van der Waals surface area contributed by atoms with Gasteiger partial charge in [-0.25, -0.2) is 0 Å². The number of aryl methyl sites for hydroxylation is 2. The van der Waals surface area contributed by atoms with E-state index in [9.17, 15) is 9.59 Å². The van der Waals surface area contributed by atoms with E-state index in [0.717, 1.165) is 22.6 Å². The molecule has 0 radical (unpaired) electrons. The summed E-state index contributed by atoms with van der Waals surface area (Å²) in [5, 5.41) is 0. The van der Waals surface area contributed by atoms with Gasteiger partial charge in [0.05, 0.1) is 13.7 Å². The molecule has 1 fully saturated rings. The van der Waals surface area contributed by atoms with Crippen LogP contribution in [0.5, 0.6) is 11.5 Å². The number of methoxy groups -OCH3 is 1. The smallest absolute Gasteiger partial charge is 0.223 e. The molecule has 1 aliphatic rings. The first-order valence-corrected chi connectivity index (χ1v) is 10.9. The third kappa shape index (κ3) is 7.02. The molecule has 0 N–H and O–H groups in total. The molecule has 1 aliphatic heterocycles. The summed E-state index contributed by atoms with van der Waals surface area (Å²) in [4.78, 5) is 28.7. The molecule has 0 aromatic heterocycles. The van der Waals surface area contributed by atoms with E-state index in [1.807, 2.05) is 65.3 Å². The molecule has 0 aliphatic carbocycles. The predicted octanol–water partition coefficient (Wildman–Crippen LogP) is 3.47. The number of nitrogens with zero attached hydrogens (tertiary/aromatic N) is 2. The van der Waals surface area contributed by atoms with Crippen LogP contribution in [0.1, 0.15) is 30.4 Å². The topological polar surface area (TPSA) is 59.1 Å². The van der Waals surface area contributed by atoms with Gasteiger partial charge in [0.2, 0.25) is 11.8 Å². The Morgan fingerprint density at radius 1 is 0.871 bits per heavy atom. The van der Waals surface area contributed by atoms with Gasteiger partial charge >= 0.3 is 0 Å². The maximum atomic E-state index is 12.5. The van der Waals surface area contributed by atoms with Crippen molar-refractivity contribution in [3.8, 4) is 11.5 Å². The van der Waals surface area contributed by atoms with Gasteiger partial charge in [-0.05, 0) is 55.2 Å². The lowest BCUT2D eigenvalue weighted by molar-refractivity contribution is -0.139. The van der Waals surface area contributed by atoms with Crippen molar-refractivity contribution in [2.24, 2.45) is 0 Å². The molecule has 6 nitrogen and oxygen atoms in total. The molecule has 0 unspecified atom stereocenters. The molecule has 0 atom stereocenters. The summed E-state index contributed by atoms with van der Waals surface area (Å²) in [5.74, 6) is 1.94. The van der Waals surface area contributed by atoms with Gasteiger partial charge in [0.15, 0.2) is 0 Å². The number of carbonyl (C=O) groups is 2. The Hall–Kier alpha value is -3.02. The first kappa shape index (κ1) is 22.7. The van der Waals surface area contributed by atoms with Crippen LogP contribution in [0.4, 0.5) is 0 Å². The number of rotatable bonds is 9. The van der Waals surface area contributed by atoms with E-state index in [0.29, 0.717) is 58.5 Å². The third-order valence-electron chi connectivity index (χ3n) is 5.56. The molecule has 2 aromatic carbocycles. The van der Waals surface area contributed by atoms with Crippen LogP contribution in [0, 0.1) is 6.92 Å². The molecule has 6 heteroatoms. The van der Waals surface area contributed by atoms with Crippen LogP contribution >= 0.6 is 0 Å². The molecule has 0 bridgehead atoms. The maximum absolute atomic E-state index is 12.5. The van der Waals surface area contributed by atoms with Gasteiger partial charge in [0.25, 0.3) is 0 Å². The minimum absolute atomic E-state index is 0.137. The van der Waals surface area contributed by atoms with Crippen molar-refractivity contribution in [1.29, 1.82) is 0 Å². The first-order valence-electron chi connectivity index (χ1n) is 10.9. The van der Waals surface area contributed by atoms with Crippen molar-refractivity contribution in [2.45, 2.75) is 32.6 Å². The van der Waals surface area contributed by atoms with E-state index in [4.69, 9.17) is 9.47 Å². The number of piperazine rings is 1. The lowest BCUT2D eigenvalue weighted by Gasteiger charge is -2.35. The SMILES string of the molecule is COc1ccc(CCC(=O)N2CCN(C(=O)CCCOc3cccc(C)c3)CC2)cc1. The van der Waals surface area contributed by atoms with E-state index in [1.54, 1.807) is 7.11 Å². The lowest BCUT2D eigenvalue weighted by atomic mass is 10.1. The zero-order valence-electron chi connectivity index (χ0n) is 18.5. The highest BCUT2D eigenvalue weighted by atomic mass is 16.5. The predicted molar refractivity (Wildman–Crippen MR) is 120 cm³/mol. The average Bonchev–Trinajstić information content (AvgIpc) is 2.80. The van der Waals surface area contributed by atoms with Gasteiger partial charge in [-0.3, -0.25) is 9.59 Å². The van der Waals surface area contributed by atoms with Crippen molar-refractivity contribution in [2.75, 3.05) is 39.9 Å². The van der Waals surface area contributed by atoms with Crippen LogP contribution in [0.3, 0.4) is 0 Å². The highest BCUT2D eigenvalue weighted by Gasteiger charge is 2.23. The fraction of sp³-hybridized carbons (Fsp3) is 0.440. The number of hydrogen-bond donors (Lipinski definition) is 0. The number of ether oxygens (including phenoxy) is 2. The Morgan fingerprint density at radius 2 is 1.52 bits per heavy atom. The van der Waals surface area contributed by atoms with E-state index in [1.165, 1.54) is 0 Å². The van der Waals surface area contributed by atoms with E-state index >= 15 is 0 Å². The highest BCUT2D eigenvalue weighted by molar-refractivity contribution is 5.78. The third-order valence-corrected chi connectivity index (χ3v) is 5.56. The Labute approximate surface area is 184 Å². The lowest BCUT2D eigenvalue weighted by Crippen LogP contribution is -2.50. The second-order valence-corrected chi connectivity index (χ2v) is 7.88. The van der Waals surface area contributed by atoms with Crippen LogP contribution < -0.4 is 9.47 Å². The van der Waals surface area contributed by atoms with Crippen LogP contribution in [-0.2, 0) is 16.0 Å². The summed E-state index contributed by atoms with van der Waals surface area (Å²) in [6.07, 6.45) is 2.35. The Balaban J connectivity index is 1.32. The van der Waals surface area contributed by atoms with E-state index in [2.05, 4.69) is 0 Å². The summed E-state index contributed by atoms with van der Waals surface area (Å²) < 4.78 is 10.9. The first-order chi connectivity index (χ1) is 15.0. The molecule has 166 valence electrons. The standard InChI is InChI=1S/C25H32N2O4/c1-20-5-3-6-23(19-20)31-18-4-7-24(28)26-14-16-27(17-15-26)25(29)13-10-21-8-11-22(30-2)12-9-21/h3,5-6,8-9,11-12,19H,4,7,10,13-18H2,1-2H3. The summed E-state index contributed by atoms with van der Waals surface area (Å²) in [6.45, 7) is 4.97. The maximum Gasteiger partial charge on any atom is 0.223 e. The quantitative estimate of drug-likeness (QED) is 0.579. The van der Waals surface area contributed by atoms with Gasteiger partial charge in [-0.2, -0.15) is 0 Å². The molecule has 3 rings (SSSR count). The van der Waals surface area contributed by atoms with Crippen LogP contribution in [0.25, 0.3) is 0 Å². The number of hydrogen-bond acceptors (Lipinski definition) is 4. The van der Waals surface area contributed by atoms with Gasteiger partial charge < -0.3 is 19.3 Å². The minimum atomic E-state index is 0.137. The van der Waals surface area contributed by atoms with Crippen molar-refractivity contribution < 1.29 is 19.1 Å². The average molecular weight is 425 g/mol. The van der Waals surface area contributed by atoms with Crippen LogP contribution in [0.15, 0.2) is 48.5 Å². The Kier molecular flexibility index (Phi) is 8.33. The number of benzene rings is 2. The fourth-order valence-electron chi connectivity index (χ4n) is 3.68. The Bertz CT molecular complexity index is 858. The molecule has 2 aromatic rings. The largest absolute Gasteiger partial charge is 0.497 e. The molecule has 1 heterocycles. The molecule has 2 amide bonds. The molecule has 0 saturated carbocycles. The molecule has 1 saturated heterocycles. The monoisotopic (exact) mass is 424 g/mol. The molecular formula is C25H32N2O4. The van der Waals surface area contributed by atoms with Crippen LogP contribution in [-0.4, -0.2) is 61.5 Å². The van der Waals surface area contributed by atoms with E-state index < -0.39 is 0 Å². The van der Waals surface area contributed by atoms with Crippen molar-refractivity contribution >= 4 is 11.8 Å². The fourth-order valence-corrected chi connectivity index (χ4v) is 3.68. The van der Waals surface area contributed by atoms with E-state index in [-0.39, 0.29) is 11.8 Å². The normalized spacial score (nSPS) is 13.7. The number of carbonyl (C=O) groups excluding carboxylic acids is 2. The summed E-state index contributed by atoms with van der Waals surface area (Å²) in [7, 11) is 1.64. The van der Waals surface area contributed by atoms with Crippen molar-refractivity contribution in [3.63, 3.8) is 0 Å². The second-order valence-electron chi connectivity index (χ2n) is 7.88. The molecular weight excluding hydrogens is 392 g/mol. The second kappa shape index (κ2) is 11.4. The number of amides is 2. The van der Waals surface area contributed by atoms with Gasteiger partial charge in [0.1, 0.15) is 11.5 Å². The van der Waals surface area contributed by atoms with Gasteiger partial charge in [-0.1, -0.05) is 24.3 Å². The summed E-state index contributed by atoms with van der Waals surface area (Å²) in [5.41, 5.74) is 2.28. The van der Waals surface area contributed by atoms with Gasteiger partial charge in [0, 0.05) is 39.0 Å². The minimum Gasteiger partial charge on any atom is -0.497 e. The van der Waals surface area contributed by atoms with Crippen molar-refractivity contribution in [3.05, 3.63) is 59.7 Å². The van der Waals surface area contributed by atoms with Crippen molar-refractivity contribution in [1.82, 2.24) is 9.80 Å². The van der Waals surface area contributed by atoms with Gasteiger partial charge in [-0.15, -0.1) is 0 Å². The van der Waals surface area contributed by atoms with Crippen LogP contribution in [0.2, 0.25) is 0 Å². The summed E-state index contributed by atoms with van der Waals surface area (Å²) in [6, 6.07) is 15.7.